The molecule has 0 aliphatic rings. The Morgan fingerprint density at radius 2 is 1.83 bits per heavy atom. The molecule has 2 heterocycles. The zero-order valence-corrected chi connectivity index (χ0v) is 14.9. The van der Waals surface area contributed by atoms with E-state index in [1.165, 1.54) is 15.3 Å². The minimum Gasteiger partial charge on any atom is -0.440 e. The zero-order valence-electron chi connectivity index (χ0n) is 14.1. The Hall–Kier alpha value is -2.20. The summed E-state index contributed by atoms with van der Waals surface area (Å²) in [5, 5.41) is 1.20. The summed E-state index contributed by atoms with van der Waals surface area (Å²) >= 11 is 1.80. The highest BCUT2D eigenvalue weighted by atomic mass is 32.1. The van der Waals surface area contributed by atoms with E-state index in [2.05, 4.69) is 44.0 Å². The molecular formula is C20H20N2OS. The maximum absolute atomic E-state index is 5.90. The Labute approximate surface area is 145 Å². The Morgan fingerprint density at radius 1 is 1.00 bits per heavy atom. The maximum Gasteiger partial charge on any atom is 0.198 e. The van der Waals surface area contributed by atoms with Crippen molar-refractivity contribution in [2.24, 2.45) is 0 Å². The van der Waals surface area contributed by atoms with Gasteiger partial charge in [0.05, 0.1) is 15.2 Å². The first kappa shape index (κ1) is 15.3. The minimum atomic E-state index is 0.243. The van der Waals surface area contributed by atoms with Crippen LogP contribution in [0, 0.1) is 0 Å². The second-order valence-electron chi connectivity index (χ2n) is 6.63. The van der Waals surface area contributed by atoms with Gasteiger partial charge in [-0.2, -0.15) is 0 Å². The van der Waals surface area contributed by atoms with Crippen molar-refractivity contribution in [1.29, 1.82) is 0 Å². The molecule has 0 aliphatic carbocycles. The summed E-state index contributed by atoms with van der Waals surface area (Å²) in [4.78, 5) is 9.33. The fraction of sp³-hybridized carbons (Fsp3) is 0.300. The van der Waals surface area contributed by atoms with E-state index >= 15 is 0 Å². The molecule has 0 saturated carbocycles. The molecule has 2 aromatic heterocycles. The van der Waals surface area contributed by atoms with Crippen LogP contribution in [0.25, 0.3) is 21.3 Å². The average Bonchev–Trinajstić information content (AvgIpc) is 3.18. The van der Waals surface area contributed by atoms with Gasteiger partial charge in [-0.25, -0.2) is 9.97 Å². The number of hydrogen-bond donors (Lipinski definition) is 0. The summed E-state index contributed by atoms with van der Waals surface area (Å²) in [5.74, 6) is 1.53. The summed E-state index contributed by atoms with van der Waals surface area (Å²) < 4.78 is 7.17. The van der Waals surface area contributed by atoms with Crippen molar-refractivity contribution in [3.63, 3.8) is 0 Å². The molecule has 0 radical (unpaired) electrons. The number of nitrogens with zero attached hydrogens (tertiary/aromatic N) is 2. The fourth-order valence-electron chi connectivity index (χ4n) is 2.90. The van der Waals surface area contributed by atoms with Crippen molar-refractivity contribution in [3.05, 3.63) is 58.9 Å². The van der Waals surface area contributed by atoms with Crippen LogP contribution in [0.4, 0.5) is 0 Å². The van der Waals surface area contributed by atoms with E-state index in [0.717, 1.165) is 28.9 Å². The first-order valence-electron chi connectivity index (χ1n) is 8.35. The third-order valence-electron chi connectivity index (χ3n) is 4.24. The molecule has 4 rings (SSSR count). The highest BCUT2D eigenvalue weighted by Gasteiger charge is 2.15. The van der Waals surface area contributed by atoms with Gasteiger partial charge in [-0.15, -0.1) is 11.3 Å². The molecule has 0 amide bonds. The standard InChI is InChI=1S/C20H20N2OS/c1-12(2)20-22-16-9-8-14(11-18(16)24-20)10-13(3)19-21-15-6-4-5-7-17(15)23-19/h4-9,11-13H,10H2,1-3H3. The number of rotatable bonds is 4. The average molecular weight is 336 g/mol. The number of benzene rings is 2. The number of oxazole rings is 1. The van der Waals surface area contributed by atoms with E-state index in [9.17, 15) is 0 Å². The van der Waals surface area contributed by atoms with Crippen LogP contribution < -0.4 is 0 Å². The Bertz CT molecular complexity index is 966. The predicted octanol–water partition coefficient (Wildman–Crippen LogP) is 5.91. The van der Waals surface area contributed by atoms with E-state index < -0.39 is 0 Å². The van der Waals surface area contributed by atoms with Crippen molar-refractivity contribution in [3.8, 4) is 0 Å². The molecule has 0 N–H and O–H groups in total. The molecule has 1 unspecified atom stereocenters. The molecule has 122 valence electrons. The van der Waals surface area contributed by atoms with E-state index in [1.54, 1.807) is 11.3 Å². The lowest BCUT2D eigenvalue weighted by atomic mass is 10.0. The molecule has 0 saturated heterocycles. The predicted molar refractivity (Wildman–Crippen MR) is 99.8 cm³/mol. The van der Waals surface area contributed by atoms with Gasteiger partial charge >= 0.3 is 0 Å². The van der Waals surface area contributed by atoms with Crippen LogP contribution >= 0.6 is 11.3 Å². The quantitative estimate of drug-likeness (QED) is 0.465. The van der Waals surface area contributed by atoms with Gasteiger partial charge < -0.3 is 4.42 Å². The zero-order chi connectivity index (χ0) is 16.7. The number of aromatic nitrogens is 2. The molecule has 0 bridgehead atoms. The van der Waals surface area contributed by atoms with Crippen LogP contribution in [-0.2, 0) is 6.42 Å². The van der Waals surface area contributed by atoms with Crippen molar-refractivity contribution in [2.45, 2.75) is 39.0 Å². The largest absolute Gasteiger partial charge is 0.440 e. The van der Waals surface area contributed by atoms with Gasteiger partial charge in [-0.05, 0) is 36.2 Å². The summed E-state index contributed by atoms with van der Waals surface area (Å²) in [5.41, 5.74) is 4.19. The first-order chi connectivity index (χ1) is 11.6. The fourth-order valence-corrected chi connectivity index (χ4v) is 3.94. The second kappa shape index (κ2) is 6.02. The normalized spacial score (nSPS) is 13.2. The number of para-hydroxylation sites is 2. The van der Waals surface area contributed by atoms with Crippen molar-refractivity contribution >= 4 is 32.7 Å². The molecule has 0 fully saturated rings. The van der Waals surface area contributed by atoms with Gasteiger partial charge in [0.15, 0.2) is 11.5 Å². The molecular weight excluding hydrogens is 316 g/mol. The molecule has 24 heavy (non-hydrogen) atoms. The van der Waals surface area contributed by atoms with Gasteiger partial charge in [0.1, 0.15) is 5.52 Å². The summed E-state index contributed by atoms with van der Waals surface area (Å²) in [7, 11) is 0. The lowest BCUT2D eigenvalue weighted by molar-refractivity contribution is 0.484. The highest BCUT2D eigenvalue weighted by molar-refractivity contribution is 7.18. The molecule has 0 aliphatic heterocycles. The molecule has 3 nitrogen and oxygen atoms in total. The Balaban J connectivity index is 1.60. The molecule has 2 aromatic carbocycles. The third-order valence-corrected chi connectivity index (χ3v) is 5.56. The number of hydrogen-bond acceptors (Lipinski definition) is 4. The van der Waals surface area contributed by atoms with Crippen LogP contribution in [0.1, 0.15) is 49.1 Å². The Morgan fingerprint density at radius 3 is 2.62 bits per heavy atom. The lowest BCUT2D eigenvalue weighted by Gasteiger charge is -2.07. The van der Waals surface area contributed by atoms with E-state index in [-0.39, 0.29) is 5.92 Å². The highest BCUT2D eigenvalue weighted by Crippen LogP contribution is 2.30. The summed E-state index contributed by atoms with van der Waals surface area (Å²) in [6.07, 6.45) is 0.914. The molecule has 4 aromatic rings. The number of thiazole rings is 1. The van der Waals surface area contributed by atoms with Crippen LogP contribution in [0.15, 0.2) is 46.9 Å². The topological polar surface area (TPSA) is 38.9 Å². The summed E-state index contributed by atoms with van der Waals surface area (Å²) in [6, 6.07) is 14.5. The van der Waals surface area contributed by atoms with Crippen molar-refractivity contribution < 1.29 is 4.42 Å². The van der Waals surface area contributed by atoms with Crippen LogP contribution in [0.5, 0.6) is 0 Å². The smallest absolute Gasteiger partial charge is 0.198 e. The Kier molecular flexibility index (Phi) is 3.85. The lowest BCUT2D eigenvalue weighted by Crippen LogP contribution is -1.98. The third kappa shape index (κ3) is 2.82. The SMILES string of the molecule is CC(C)c1nc2ccc(CC(C)c3nc4ccccc4o3)cc2s1. The van der Waals surface area contributed by atoms with Gasteiger partial charge in [0.2, 0.25) is 0 Å². The molecule has 0 spiro atoms. The maximum atomic E-state index is 5.90. The van der Waals surface area contributed by atoms with Gasteiger partial charge in [-0.1, -0.05) is 39.0 Å². The minimum absolute atomic E-state index is 0.243. The van der Waals surface area contributed by atoms with Gasteiger partial charge in [0, 0.05) is 11.8 Å². The van der Waals surface area contributed by atoms with E-state index in [1.807, 2.05) is 24.3 Å². The number of fused-ring (bicyclic) bond motifs is 2. The van der Waals surface area contributed by atoms with Crippen LogP contribution in [0.2, 0.25) is 0 Å². The second-order valence-corrected chi connectivity index (χ2v) is 7.70. The monoisotopic (exact) mass is 336 g/mol. The van der Waals surface area contributed by atoms with E-state index in [4.69, 9.17) is 9.40 Å². The van der Waals surface area contributed by atoms with Gasteiger partial charge in [0.25, 0.3) is 0 Å². The van der Waals surface area contributed by atoms with Crippen molar-refractivity contribution in [1.82, 2.24) is 9.97 Å². The van der Waals surface area contributed by atoms with Gasteiger partial charge in [-0.3, -0.25) is 0 Å². The van der Waals surface area contributed by atoms with Crippen LogP contribution in [0.3, 0.4) is 0 Å². The van der Waals surface area contributed by atoms with E-state index in [0.29, 0.717) is 5.92 Å². The van der Waals surface area contributed by atoms with Crippen molar-refractivity contribution in [2.75, 3.05) is 0 Å². The molecule has 4 heteroatoms. The van der Waals surface area contributed by atoms with Crippen LogP contribution in [-0.4, -0.2) is 9.97 Å². The summed E-state index contributed by atoms with van der Waals surface area (Å²) in [6.45, 7) is 6.54. The first-order valence-corrected chi connectivity index (χ1v) is 9.16. The molecule has 1 atom stereocenters.